The molecule has 0 fully saturated rings. The van der Waals surface area contributed by atoms with Crippen molar-refractivity contribution in [2.45, 2.75) is 13.5 Å². The summed E-state index contributed by atoms with van der Waals surface area (Å²) in [5.74, 6) is -1.41. The van der Waals surface area contributed by atoms with Crippen molar-refractivity contribution in [1.29, 1.82) is 0 Å². The number of esters is 1. The number of nitrogens with zero attached hydrogens (tertiary/aromatic N) is 3. The van der Waals surface area contributed by atoms with E-state index in [0.717, 1.165) is 6.07 Å². The van der Waals surface area contributed by atoms with E-state index in [1.54, 1.807) is 6.92 Å². The van der Waals surface area contributed by atoms with Gasteiger partial charge in [-0.05, 0) is 19.1 Å². The number of Topliss-reactive ketones (excluding diaryl/α,β-unsaturated/α-hetero) is 1. The van der Waals surface area contributed by atoms with Gasteiger partial charge in [0, 0.05) is 5.56 Å². The van der Waals surface area contributed by atoms with Crippen LogP contribution in [0.15, 0.2) is 30.5 Å². The summed E-state index contributed by atoms with van der Waals surface area (Å²) in [6.07, 6.45) is 1.31. The zero-order valence-corrected chi connectivity index (χ0v) is 10.7. The number of hydrogen-bond donors (Lipinski definition) is 0. The Balaban J connectivity index is 2.07. The summed E-state index contributed by atoms with van der Waals surface area (Å²) in [6, 6.07) is 5.36. The van der Waals surface area contributed by atoms with Crippen LogP contribution in [0, 0.1) is 5.82 Å². The molecular weight excluding hydrogens is 265 g/mol. The molecule has 1 aromatic heterocycles. The predicted molar refractivity (Wildman–Crippen MR) is 66.7 cm³/mol. The fourth-order valence-corrected chi connectivity index (χ4v) is 1.57. The van der Waals surface area contributed by atoms with E-state index < -0.39 is 11.8 Å². The van der Waals surface area contributed by atoms with E-state index in [-0.39, 0.29) is 30.2 Å². The SMILES string of the molecule is CCOC(=O)c1cn(CC(=O)c2cccc(F)c2)nn1. The average molecular weight is 277 g/mol. The monoisotopic (exact) mass is 277 g/mol. The Kier molecular flexibility index (Phi) is 4.19. The van der Waals surface area contributed by atoms with E-state index >= 15 is 0 Å². The minimum Gasteiger partial charge on any atom is -0.461 e. The molecule has 0 atom stereocenters. The number of rotatable bonds is 5. The van der Waals surface area contributed by atoms with Gasteiger partial charge in [-0.3, -0.25) is 4.79 Å². The van der Waals surface area contributed by atoms with Crippen LogP contribution in [0.2, 0.25) is 0 Å². The van der Waals surface area contributed by atoms with Crippen molar-refractivity contribution in [1.82, 2.24) is 15.0 Å². The highest BCUT2D eigenvalue weighted by atomic mass is 19.1. The van der Waals surface area contributed by atoms with Crippen LogP contribution >= 0.6 is 0 Å². The molecule has 2 rings (SSSR count). The lowest BCUT2D eigenvalue weighted by Crippen LogP contribution is -2.11. The highest BCUT2D eigenvalue weighted by Crippen LogP contribution is 2.06. The van der Waals surface area contributed by atoms with Crippen molar-refractivity contribution in [3.63, 3.8) is 0 Å². The number of ketones is 1. The molecule has 0 aliphatic rings. The molecule has 1 heterocycles. The number of carbonyl (C=O) groups excluding carboxylic acids is 2. The Morgan fingerprint density at radius 2 is 2.20 bits per heavy atom. The van der Waals surface area contributed by atoms with E-state index in [1.165, 1.54) is 29.1 Å². The fraction of sp³-hybridized carbons (Fsp3) is 0.231. The predicted octanol–water partition coefficient (Wildman–Crippen LogP) is 1.48. The molecule has 104 valence electrons. The lowest BCUT2D eigenvalue weighted by Gasteiger charge is -2.00. The highest BCUT2D eigenvalue weighted by Gasteiger charge is 2.14. The van der Waals surface area contributed by atoms with Crippen LogP contribution in [-0.2, 0) is 11.3 Å². The van der Waals surface area contributed by atoms with Crippen molar-refractivity contribution >= 4 is 11.8 Å². The summed E-state index contributed by atoms with van der Waals surface area (Å²) in [4.78, 5) is 23.3. The smallest absolute Gasteiger partial charge is 0.360 e. The van der Waals surface area contributed by atoms with Crippen LogP contribution in [0.25, 0.3) is 0 Å². The third-order valence-corrected chi connectivity index (χ3v) is 2.48. The van der Waals surface area contributed by atoms with E-state index in [4.69, 9.17) is 4.74 Å². The first kappa shape index (κ1) is 13.9. The summed E-state index contributed by atoms with van der Waals surface area (Å²) >= 11 is 0. The molecule has 1 aromatic carbocycles. The molecule has 0 N–H and O–H groups in total. The maximum Gasteiger partial charge on any atom is 0.360 e. The molecule has 6 nitrogen and oxygen atoms in total. The minimum atomic E-state index is -0.600. The van der Waals surface area contributed by atoms with Crippen LogP contribution < -0.4 is 0 Å². The van der Waals surface area contributed by atoms with Crippen molar-refractivity contribution in [2.75, 3.05) is 6.61 Å². The molecule has 0 saturated heterocycles. The molecule has 0 spiro atoms. The van der Waals surface area contributed by atoms with Gasteiger partial charge in [0.15, 0.2) is 11.5 Å². The van der Waals surface area contributed by atoms with E-state index in [2.05, 4.69) is 10.3 Å². The third-order valence-electron chi connectivity index (χ3n) is 2.48. The topological polar surface area (TPSA) is 74.1 Å². The molecule has 0 bridgehead atoms. The lowest BCUT2D eigenvalue weighted by molar-refractivity contribution is 0.0519. The van der Waals surface area contributed by atoms with Gasteiger partial charge in [-0.15, -0.1) is 5.10 Å². The van der Waals surface area contributed by atoms with Crippen LogP contribution in [0.3, 0.4) is 0 Å². The number of carbonyl (C=O) groups is 2. The Labute approximate surface area is 114 Å². The average Bonchev–Trinajstić information content (AvgIpc) is 2.87. The largest absolute Gasteiger partial charge is 0.461 e. The summed E-state index contributed by atoms with van der Waals surface area (Å²) < 4.78 is 19.0. The van der Waals surface area contributed by atoms with Gasteiger partial charge in [-0.1, -0.05) is 17.3 Å². The van der Waals surface area contributed by atoms with Crippen molar-refractivity contribution in [3.8, 4) is 0 Å². The quantitative estimate of drug-likeness (QED) is 0.611. The Morgan fingerprint density at radius 3 is 2.90 bits per heavy atom. The van der Waals surface area contributed by atoms with Crippen LogP contribution in [0.1, 0.15) is 27.8 Å². The van der Waals surface area contributed by atoms with E-state index in [0.29, 0.717) is 0 Å². The zero-order valence-electron chi connectivity index (χ0n) is 10.7. The van der Waals surface area contributed by atoms with Gasteiger partial charge >= 0.3 is 5.97 Å². The number of ether oxygens (including phenoxy) is 1. The third kappa shape index (κ3) is 3.25. The Hall–Kier alpha value is -2.57. The van der Waals surface area contributed by atoms with Gasteiger partial charge in [0.2, 0.25) is 0 Å². The molecule has 0 unspecified atom stereocenters. The summed E-state index contributed by atoms with van der Waals surface area (Å²) in [5, 5.41) is 7.27. The van der Waals surface area contributed by atoms with Crippen LogP contribution in [0.4, 0.5) is 4.39 Å². The minimum absolute atomic E-state index is 0.0268. The normalized spacial score (nSPS) is 10.3. The summed E-state index contributed by atoms with van der Waals surface area (Å²) in [5.41, 5.74) is 0.261. The van der Waals surface area contributed by atoms with Gasteiger partial charge in [0.05, 0.1) is 12.8 Å². The van der Waals surface area contributed by atoms with Crippen molar-refractivity contribution in [3.05, 3.63) is 47.5 Å². The molecule has 0 saturated carbocycles. The Bertz CT molecular complexity index is 639. The fourth-order valence-electron chi connectivity index (χ4n) is 1.57. The lowest BCUT2D eigenvalue weighted by atomic mass is 10.1. The maximum atomic E-state index is 13.0. The first-order valence-corrected chi connectivity index (χ1v) is 5.96. The number of aromatic nitrogens is 3. The van der Waals surface area contributed by atoms with E-state index in [9.17, 15) is 14.0 Å². The summed E-state index contributed by atoms with van der Waals surface area (Å²) in [6.45, 7) is 1.78. The zero-order chi connectivity index (χ0) is 14.5. The first-order valence-electron chi connectivity index (χ1n) is 5.96. The second kappa shape index (κ2) is 6.05. The molecule has 2 aromatic rings. The molecular formula is C13H12FN3O3. The molecule has 0 amide bonds. The maximum absolute atomic E-state index is 13.0. The van der Waals surface area contributed by atoms with Gasteiger partial charge in [0.25, 0.3) is 0 Å². The molecule has 0 aliphatic carbocycles. The molecule has 0 aliphatic heterocycles. The second-order valence-corrected chi connectivity index (χ2v) is 3.96. The van der Waals surface area contributed by atoms with Crippen LogP contribution in [-0.4, -0.2) is 33.4 Å². The number of benzene rings is 1. The summed E-state index contributed by atoms with van der Waals surface area (Å²) in [7, 11) is 0. The second-order valence-electron chi connectivity index (χ2n) is 3.96. The van der Waals surface area contributed by atoms with Crippen molar-refractivity contribution < 1.29 is 18.7 Å². The first-order chi connectivity index (χ1) is 9.60. The van der Waals surface area contributed by atoms with Gasteiger partial charge in [-0.2, -0.15) is 0 Å². The molecule has 20 heavy (non-hydrogen) atoms. The highest BCUT2D eigenvalue weighted by molar-refractivity contribution is 5.95. The standard InChI is InChI=1S/C13H12FN3O3/c1-2-20-13(19)11-7-17(16-15-11)8-12(18)9-4-3-5-10(14)6-9/h3-7H,2,8H2,1H3. The van der Waals surface area contributed by atoms with E-state index in [1.807, 2.05) is 0 Å². The number of hydrogen-bond acceptors (Lipinski definition) is 5. The van der Waals surface area contributed by atoms with Gasteiger partial charge < -0.3 is 4.74 Å². The molecule has 0 radical (unpaired) electrons. The van der Waals surface area contributed by atoms with Gasteiger partial charge in [0.1, 0.15) is 12.4 Å². The van der Waals surface area contributed by atoms with Crippen LogP contribution in [0.5, 0.6) is 0 Å². The molecule has 7 heteroatoms. The number of halogens is 1. The van der Waals surface area contributed by atoms with Gasteiger partial charge in [-0.25, -0.2) is 13.9 Å². The van der Waals surface area contributed by atoms with Crippen molar-refractivity contribution in [2.24, 2.45) is 0 Å². The Morgan fingerprint density at radius 1 is 1.40 bits per heavy atom.